The Hall–Kier alpha value is -3.71. The van der Waals surface area contributed by atoms with Gasteiger partial charge in [-0.15, -0.1) is 0 Å². The Bertz CT molecular complexity index is 1280. The predicted molar refractivity (Wildman–Crippen MR) is 154 cm³/mol. The number of allylic oxidation sites excluding steroid dienone is 1. The molecule has 2 fully saturated rings. The number of carbonyl (C=O) groups excluding carboxylic acids is 2. The summed E-state index contributed by atoms with van der Waals surface area (Å²) >= 11 is 0. The zero-order chi connectivity index (χ0) is 27.0. The van der Waals surface area contributed by atoms with Crippen LogP contribution < -0.4 is 10.6 Å². The molecule has 204 valence electrons. The van der Waals surface area contributed by atoms with Crippen LogP contribution in [0.25, 0.3) is 11.3 Å². The molecule has 1 saturated carbocycles. The largest absolute Gasteiger partial charge is 0.353 e. The van der Waals surface area contributed by atoms with E-state index in [1.54, 1.807) is 6.08 Å². The van der Waals surface area contributed by atoms with E-state index in [-0.39, 0.29) is 23.9 Å². The van der Waals surface area contributed by atoms with E-state index in [2.05, 4.69) is 34.3 Å². The lowest BCUT2D eigenvalue weighted by Gasteiger charge is -2.36. The zero-order valence-corrected chi connectivity index (χ0v) is 22.8. The Labute approximate surface area is 231 Å². The van der Waals surface area contributed by atoms with Crippen LogP contribution in [0.2, 0.25) is 0 Å². The maximum absolute atomic E-state index is 14.2. The molecule has 0 spiro atoms. The van der Waals surface area contributed by atoms with Crippen molar-refractivity contribution in [2.75, 3.05) is 26.2 Å². The number of hydrogen-bond acceptors (Lipinski definition) is 4. The van der Waals surface area contributed by atoms with E-state index < -0.39 is 0 Å². The number of nitrogens with one attached hydrogen (secondary N) is 2. The Morgan fingerprint density at radius 2 is 1.85 bits per heavy atom. The molecule has 1 aliphatic heterocycles. The summed E-state index contributed by atoms with van der Waals surface area (Å²) in [6.07, 6.45) is 9.22. The first-order valence-corrected chi connectivity index (χ1v) is 14.3. The summed E-state index contributed by atoms with van der Waals surface area (Å²) in [5, 5.41) is 6.45. The normalized spacial score (nSPS) is 20.6. The lowest BCUT2D eigenvalue weighted by atomic mass is 9.88. The van der Waals surface area contributed by atoms with Crippen molar-refractivity contribution in [1.82, 2.24) is 25.1 Å². The highest BCUT2D eigenvalue weighted by Crippen LogP contribution is 2.38. The molecule has 0 bridgehead atoms. The van der Waals surface area contributed by atoms with E-state index in [9.17, 15) is 9.59 Å². The highest BCUT2D eigenvalue weighted by atomic mass is 16.2. The first kappa shape index (κ1) is 26.9. The standard InChI is InChI=1S/C32H39N5O2/c1-2-17-34-29(38)21-26-15-9-10-16-28(26)37-23-35-30(31(37)25-13-7-4-8-14-25)32(39)36-19-18-33-22-27(36)20-24-11-5-3-6-12-24/h3-8,11-14,21,23,27-28,33H,2,9-10,15-20,22H2,1H3,(H,34,38)/b26-21+/t27-,28?/m0/s1. The summed E-state index contributed by atoms with van der Waals surface area (Å²) in [7, 11) is 0. The van der Waals surface area contributed by atoms with Crippen LogP contribution in [0.3, 0.4) is 0 Å². The van der Waals surface area contributed by atoms with Gasteiger partial charge in [-0.3, -0.25) is 9.59 Å². The minimum Gasteiger partial charge on any atom is -0.353 e. The summed E-state index contributed by atoms with van der Waals surface area (Å²) < 4.78 is 2.15. The number of aromatic nitrogens is 2. The van der Waals surface area contributed by atoms with Gasteiger partial charge >= 0.3 is 0 Å². The first-order valence-electron chi connectivity index (χ1n) is 14.3. The molecule has 2 aliphatic rings. The molecule has 1 aliphatic carbocycles. The summed E-state index contributed by atoms with van der Waals surface area (Å²) in [6.45, 7) is 4.88. The molecule has 2 aromatic carbocycles. The molecule has 7 heteroatoms. The average Bonchev–Trinajstić information content (AvgIpc) is 3.42. The van der Waals surface area contributed by atoms with Crippen molar-refractivity contribution >= 4 is 11.8 Å². The Morgan fingerprint density at radius 3 is 2.62 bits per heavy atom. The maximum Gasteiger partial charge on any atom is 0.275 e. The third-order valence-corrected chi connectivity index (χ3v) is 7.79. The molecule has 2 atom stereocenters. The van der Waals surface area contributed by atoms with Crippen LogP contribution in [0.5, 0.6) is 0 Å². The maximum atomic E-state index is 14.2. The van der Waals surface area contributed by atoms with E-state index in [1.165, 1.54) is 5.56 Å². The van der Waals surface area contributed by atoms with Crippen molar-refractivity contribution < 1.29 is 9.59 Å². The first-order chi connectivity index (χ1) is 19.2. The Kier molecular flexibility index (Phi) is 8.89. The monoisotopic (exact) mass is 525 g/mol. The van der Waals surface area contributed by atoms with Gasteiger partial charge in [0.15, 0.2) is 5.69 Å². The third-order valence-electron chi connectivity index (χ3n) is 7.79. The van der Waals surface area contributed by atoms with Crippen molar-refractivity contribution in [3.8, 4) is 11.3 Å². The van der Waals surface area contributed by atoms with Crippen LogP contribution in [-0.4, -0.2) is 58.5 Å². The second-order valence-electron chi connectivity index (χ2n) is 10.5. The number of nitrogens with zero attached hydrogens (tertiary/aromatic N) is 3. The highest BCUT2D eigenvalue weighted by molar-refractivity contribution is 5.98. The fourth-order valence-electron chi connectivity index (χ4n) is 5.84. The summed E-state index contributed by atoms with van der Waals surface area (Å²) in [6, 6.07) is 20.5. The molecule has 39 heavy (non-hydrogen) atoms. The van der Waals surface area contributed by atoms with Crippen molar-refractivity contribution in [2.24, 2.45) is 0 Å². The molecule has 3 aromatic rings. The molecule has 0 radical (unpaired) electrons. The summed E-state index contributed by atoms with van der Waals surface area (Å²) in [5.41, 5.74) is 4.61. The molecule has 2 N–H and O–H groups in total. The van der Waals surface area contributed by atoms with Crippen molar-refractivity contribution in [3.05, 3.63) is 89.9 Å². The third kappa shape index (κ3) is 6.31. The second-order valence-corrected chi connectivity index (χ2v) is 10.5. The van der Waals surface area contributed by atoms with Crippen LogP contribution >= 0.6 is 0 Å². The van der Waals surface area contributed by atoms with Gasteiger partial charge in [0.2, 0.25) is 5.91 Å². The minimum atomic E-state index is -0.0407. The van der Waals surface area contributed by atoms with Gasteiger partial charge in [-0.1, -0.05) is 74.0 Å². The van der Waals surface area contributed by atoms with Gasteiger partial charge in [0, 0.05) is 43.9 Å². The summed E-state index contributed by atoms with van der Waals surface area (Å²) in [4.78, 5) is 33.6. The van der Waals surface area contributed by atoms with Crippen molar-refractivity contribution in [1.29, 1.82) is 0 Å². The fourth-order valence-corrected chi connectivity index (χ4v) is 5.84. The molecule has 2 amide bonds. The number of piperazine rings is 1. The Balaban J connectivity index is 1.50. The van der Waals surface area contributed by atoms with Gasteiger partial charge in [0.05, 0.1) is 18.1 Å². The molecule has 5 rings (SSSR count). The molecule has 1 aromatic heterocycles. The van der Waals surface area contributed by atoms with E-state index in [4.69, 9.17) is 4.98 Å². The van der Waals surface area contributed by atoms with Crippen LogP contribution in [0.4, 0.5) is 0 Å². The molecule has 1 unspecified atom stereocenters. The fraction of sp³-hybridized carbons (Fsp3) is 0.406. The predicted octanol–water partition coefficient (Wildman–Crippen LogP) is 4.77. The van der Waals surface area contributed by atoms with E-state index in [0.29, 0.717) is 18.8 Å². The van der Waals surface area contributed by atoms with Gasteiger partial charge in [-0.05, 0) is 43.2 Å². The molecular formula is C32H39N5O2. The number of benzene rings is 2. The number of rotatable bonds is 8. The van der Waals surface area contributed by atoms with Crippen LogP contribution in [0.1, 0.15) is 61.1 Å². The van der Waals surface area contributed by atoms with Gasteiger partial charge in [0.1, 0.15) is 0 Å². The molecule has 7 nitrogen and oxygen atoms in total. The number of amides is 2. The lowest BCUT2D eigenvalue weighted by Crippen LogP contribution is -2.54. The second kappa shape index (κ2) is 12.9. The van der Waals surface area contributed by atoms with Crippen LogP contribution in [0.15, 0.2) is 78.6 Å². The molecule has 2 heterocycles. The highest BCUT2D eigenvalue weighted by Gasteiger charge is 2.33. The van der Waals surface area contributed by atoms with Gasteiger partial charge < -0.3 is 20.1 Å². The number of imidazole rings is 1. The van der Waals surface area contributed by atoms with Gasteiger partial charge in [-0.25, -0.2) is 4.98 Å². The van der Waals surface area contributed by atoms with Gasteiger partial charge in [0.25, 0.3) is 5.91 Å². The molecule has 1 saturated heterocycles. The Morgan fingerprint density at radius 1 is 1.08 bits per heavy atom. The quantitative estimate of drug-likeness (QED) is 0.415. The van der Waals surface area contributed by atoms with Crippen LogP contribution in [-0.2, 0) is 11.2 Å². The van der Waals surface area contributed by atoms with Crippen molar-refractivity contribution in [2.45, 2.75) is 57.5 Å². The van der Waals surface area contributed by atoms with E-state index in [0.717, 1.165) is 68.4 Å². The smallest absolute Gasteiger partial charge is 0.275 e. The van der Waals surface area contributed by atoms with Crippen LogP contribution in [0, 0.1) is 0 Å². The number of hydrogen-bond donors (Lipinski definition) is 2. The van der Waals surface area contributed by atoms with Gasteiger partial charge in [-0.2, -0.15) is 0 Å². The molecular weight excluding hydrogens is 486 g/mol. The summed E-state index contributed by atoms with van der Waals surface area (Å²) in [5.74, 6) is -0.0712. The lowest BCUT2D eigenvalue weighted by molar-refractivity contribution is -0.116. The minimum absolute atomic E-state index is 0.00137. The average molecular weight is 526 g/mol. The SMILES string of the molecule is CCCNC(=O)/C=C1\CCCCC1n1cnc(C(=O)N2CCNC[C@@H]2Cc2ccccc2)c1-c1ccccc1. The topological polar surface area (TPSA) is 79.3 Å². The zero-order valence-electron chi connectivity index (χ0n) is 22.8. The van der Waals surface area contributed by atoms with E-state index >= 15 is 0 Å². The van der Waals surface area contributed by atoms with E-state index in [1.807, 2.05) is 59.8 Å². The number of carbonyl (C=O) groups is 2. The van der Waals surface area contributed by atoms with Crippen molar-refractivity contribution in [3.63, 3.8) is 0 Å².